The lowest BCUT2D eigenvalue weighted by Crippen LogP contribution is -2.03. The first kappa shape index (κ1) is 10.6. The van der Waals surface area contributed by atoms with Gasteiger partial charge in [0.1, 0.15) is 5.69 Å². The number of aromatic carboxylic acids is 1. The number of benzene rings is 1. The van der Waals surface area contributed by atoms with E-state index in [0.29, 0.717) is 10.7 Å². The van der Waals surface area contributed by atoms with Crippen LogP contribution in [0.3, 0.4) is 0 Å². The molecule has 1 N–H and O–H groups in total. The number of halogens is 1. The predicted octanol–water partition coefficient (Wildman–Crippen LogP) is 3.74. The number of carboxylic acid groups (broad SMARTS) is 1. The number of thiophene rings is 1. The van der Waals surface area contributed by atoms with Crippen molar-refractivity contribution in [1.82, 2.24) is 4.57 Å². The minimum Gasteiger partial charge on any atom is -0.477 e. The minimum absolute atomic E-state index is 0.299. The average molecular weight is 266 g/mol. The summed E-state index contributed by atoms with van der Waals surface area (Å²) in [4.78, 5) is 11.1. The van der Waals surface area contributed by atoms with E-state index in [1.54, 1.807) is 17.7 Å². The van der Waals surface area contributed by atoms with Gasteiger partial charge >= 0.3 is 5.97 Å². The van der Waals surface area contributed by atoms with Crippen molar-refractivity contribution in [2.75, 3.05) is 0 Å². The summed E-state index contributed by atoms with van der Waals surface area (Å²) >= 11 is 7.65. The predicted molar refractivity (Wildman–Crippen MR) is 70.3 cm³/mol. The summed E-state index contributed by atoms with van der Waals surface area (Å²) in [5.74, 6) is -0.911. The van der Waals surface area contributed by atoms with Crippen molar-refractivity contribution in [1.29, 1.82) is 0 Å². The number of carbonyl (C=O) groups is 1. The van der Waals surface area contributed by atoms with Crippen molar-refractivity contribution < 1.29 is 9.90 Å². The highest BCUT2D eigenvalue weighted by atomic mass is 35.5. The molecule has 0 amide bonds. The molecule has 2 heterocycles. The summed E-state index contributed by atoms with van der Waals surface area (Å²) in [5.41, 5.74) is 1.23. The summed E-state index contributed by atoms with van der Waals surface area (Å²) in [6, 6.07) is 7.38. The Hall–Kier alpha value is -1.52. The zero-order chi connectivity index (χ0) is 12.2. The molecular weight excluding hydrogens is 258 g/mol. The molecule has 0 unspecified atom stereocenters. The smallest absolute Gasteiger partial charge is 0.352 e. The molecule has 5 heteroatoms. The van der Waals surface area contributed by atoms with E-state index >= 15 is 0 Å². The zero-order valence-corrected chi connectivity index (χ0v) is 10.5. The molecule has 0 radical (unpaired) electrons. The van der Waals surface area contributed by atoms with Crippen molar-refractivity contribution >= 4 is 49.2 Å². The van der Waals surface area contributed by atoms with Crippen LogP contribution in [0.4, 0.5) is 0 Å². The van der Waals surface area contributed by atoms with Crippen molar-refractivity contribution in [2.24, 2.45) is 7.05 Å². The third-order valence-electron chi connectivity index (χ3n) is 2.85. The van der Waals surface area contributed by atoms with E-state index in [2.05, 4.69) is 0 Å². The molecule has 3 rings (SSSR count). The Morgan fingerprint density at radius 2 is 2.24 bits per heavy atom. The van der Waals surface area contributed by atoms with Crippen LogP contribution in [-0.4, -0.2) is 15.6 Å². The first-order valence-electron chi connectivity index (χ1n) is 4.99. The molecule has 2 aromatic heterocycles. The second-order valence-electron chi connectivity index (χ2n) is 3.83. The maximum absolute atomic E-state index is 11.1. The molecule has 17 heavy (non-hydrogen) atoms. The Balaban J connectivity index is 2.50. The fraction of sp³-hybridized carbons (Fsp3) is 0.0833. The van der Waals surface area contributed by atoms with Crippen molar-refractivity contribution in [3.8, 4) is 0 Å². The summed E-state index contributed by atoms with van der Waals surface area (Å²) in [6.45, 7) is 0. The number of rotatable bonds is 1. The van der Waals surface area contributed by atoms with Gasteiger partial charge in [-0.25, -0.2) is 4.79 Å². The number of hydrogen-bond donors (Lipinski definition) is 1. The summed E-state index contributed by atoms with van der Waals surface area (Å²) in [7, 11) is 1.76. The Labute approximate surface area is 106 Å². The highest BCUT2D eigenvalue weighted by molar-refractivity contribution is 7.26. The van der Waals surface area contributed by atoms with Gasteiger partial charge in [0.15, 0.2) is 0 Å². The third-order valence-corrected chi connectivity index (χ3v) is 4.45. The van der Waals surface area contributed by atoms with Gasteiger partial charge in [0.2, 0.25) is 0 Å². The molecule has 0 saturated carbocycles. The first-order valence-corrected chi connectivity index (χ1v) is 6.19. The molecule has 0 spiro atoms. The van der Waals surface area contributed by atoms with E-state index in [1.165, 1.54) is 11.3 Å². The van der Waals surface area contributed by atoms with Crippen LogP contribution in [0.5, 0.6) is 0 Å². The number of hydrogen-bond acceptors (Lipinski definition) is 2. The maximum Gasteiger partial charge on any atom is 0.352 e. The van der Waals surface area contributed by atoms with Gasteiger partial charge in [0.05, 0.1) is 19.9 Å². The average Bonchev–Trinajstić information content (AvgIpc) is 2.78. The van der Waals surface area contributed by atoms with Gasteiger partial charge in [-0.3, -0.25) is 0 Å². The molecule has 0 aliphatic carbocycles. The van der Waals surface area contributed by atoms with Gasteiger partial charge in [-0.2, -0.15) is 0 Å². The van der Waals surface area contributed by atoms with Crippen LogP contribution in [0.15, 0.2) is 24.3 Å². The number of carboxylic acids is 1. The normalized spacial score (nSPS) is 11.4. The standard InChI is InChI=1S/C12H8ClNO2S/c1-14-8(12(15)16)5-9-10(14)6-3-2-4-7(13)11(6)17-9/h2-5H,1H3,(H,15,16). The van der Waals surface area contributed by atoms with E-state index in [4.69, 9.17) is 16.7 Å². The highest BCUT2D eigenvalue weighted by Gasteiger charge is 2.17. The molecule has 0 aliphatic heterocycles. The van der Waals surface area contributed by atoms with Crippen LogP contribution in [0.25, 0.3) is 20.3 Å². The molecule has 0 bridgehead atoms. The SMILES string of the molecule is Cn1c(C(=O)O)cc2sc3c(Cl)cccc3c21. The molecule has 3 nitrogen and oxygen atoms in total. The van der Waals surface area contributed by atoms with Crippen LogP contribution >= 0.6 is 22.9 Å². The van der Waals surface area contributed by atoms with Crippen molar-refractivity contribution in [2.45, 2.75) is 0 Å². The lowest BCUT2D eigenvalue weighted by molar-refractivity contribution is 0.0687. The van der Waals surface area contributed by atoms with E-state index in [9.17, 15) is 4.79 Å². The molecule has 0 fully saturated rings. The fourth-order valence-corrected chi connectivity index (χ4v) is 3.55. The fourth-order valence-electron chi connectivity index (χ4n) is 2.08. The second-order valence-corrected chi connectivity index (χ2v) is 5.28. The van der Waals surface area contributed by atoms with Crippen LogP contribution in [0.1, 0.15) is 10.5 Å². The maximum atomic E-state index is 11.1. The van der Waals surface area contributed by atoms with Crippen molar-refractivity contribution in [3.05, 3.63) is 35.0 Å². The topological polar surface area (TPSA) is 42.2 Å². The van der Waals surface area contributed by atoms with E-state index in [-0.39, 0.29) is 0 Å². The summed E-state index contributed by atoms with van der Waals surface area (Å²) in [6.07, 6.45) is 0. The van der Waals surface area contributed by atoms with Gasteiger partial charge in [-0.1, -0.05) is 23.7 Å². The number of aryl methyl sites for hydroxylation is 1. The quantitative estimate of drug-likeness (QED) is 0.728. The Kier molecular flexibility index (Phi) is 2.18. The molecule has 3 aromatic rings. The lowest BCUT2D eigenvalue weighted by atomic mass is 10.2. The van der Waals surface area contributed by atoms with Crippen molar-refractivity contribution in [3.63, 3.8) is 0 Å². The van der Waals surface area contributed by atoms with Gasteiger partial charge < -0.3 is 9.67 Å². The van der Waals surface area contributed by atoms with E-state index < -0.39 is 5.97 Å². The largest absolute Gasteiger partial charge is 0.477 e. The minimum atomic E-state index is -0.911. The highest BCUT2D eigenvalue weighted by Crippen LogP contribution is 2.39. The molecule has 0 saturated heterocycles. The van der Waals surface area contributed by atoms with Crippen LogP contribution < -0.4 is 0 Å². The van der Waals surface area contributed by atoms with E-state index in [1.807, 2.05) is 18.2 Å². The van der Waals surface area contributed by atoms with Gasteiger partial charge in [-0.15, -0.1) is 11.3 Å². The molecule has 0 atom stereocenters. The Morgan fingerprint density at radius 3 is 2.94 bits per heavy atom. The zero-order valence-electron chi connectivity index (χ0n) is 8.90. The van der Waals surface area contributed by atoms with Crippen LogP contribution in [0.2, 0.25) is 5.02 Å². The number of fused-ring (bicyclic) bond motifs is 3. The summed E-state index contributed by atoms with van der Waals surface area (Å²) < 4.78 is 3.66. The third kappa shape index (κ3) is 1.38. The summed E-state index contributed by atoms with van der Waals surface area (Å²) in [5, 5.41) is 10.8. The number of aromatic nitrogens is 1. The molecule has 86 valence electrons. The molecule has 0 aliphatic rings. The second kappa shape index (κ2) is 3.48. The van der Waals surface area contributed by atoms with Gasteiger partial charge in [-0.05, 0) is 12.1 Å². The van der Waals surface area contributed by atoms with Crippen LogP contribution in [0, 0.1) is 0 Å². The lowest BCUT2D eigenvalue weighted by Gasteiger charge is -1.99. The number of nitrogens with zero attached hydrogens (tertiary/aromatic N) is 1. The van der Waals surface area contributed by atoms with Gasteiger partial charge in [0.25, 0.3) is 0 Å². The molecule has 1 aromatic carbocycles. The van der Waals surface area contributed by atoms with E-state index in [0.717, 1.165) is 20.3 Å². The van der Waals surface area contributed by atoms with Crippen LogP contribution in [-0.2, 0) is 7.05 Å². The Bertz CT molecular complexity index is 757. The molecular formula is C12H8ClNO2S. The monoisotopic (exact) mass is 265 g/mol. The van der Waals surface area contributed by atoms with Gasteiger partial charge in [0, 0.05) is 12.4 Å². The Morgan fingerprint density at radius 1 is 1.47 bits per heavy atom. The first-order chi connectivity index (χ1) is 8.09.